The highest BCUT2D eigenvalue weighted by atomic mass is 35.5. The summed E-state index contributed by atoms with van der Waals surface area (Å²) < 4.78 is 10.2. The Morgan fingerprint density at radius 3 is 2.91 bits per heavy atom. The lowest BCUT2D eigenvalue weighted by molar-refractivity contribution is -0.384. The number of non-ortho nitro benzene ring substituents is 1. The van der Waals surface area contributed by atoms with E-state index in [9.17, 15) is 14.9 Å². The number of rotatable bonds is 5. The van der Waals surface area contributed by atoms with Gasteiger partial charge in [-0.1, -0.05) is 17.5 Å². The van der Waals surface area contributed by atoms with Gasteiger partial charge in [0.2, 0.25) is 0 Å². The molecule has 2 aromatic rings. The van der Waals surface area contributed by atoms with E-state index >= 15 is 0 Å². The summed E-state index contributed by atoms with van der Waals surface area (Å²) >= 11 is 6.04. The van der Waals surface area contributed by atoms with Crippen LogP contribution in [0.5, 0.6) is 0 Å². The molecule has 0 radical (unpaired) electrons. The van der Waals surface area contributed by atoms with Gasteiger partial charge in [0.05, 0.1) is 9.95 Å². The quantitative estimate of drug-likeness (QED) is 0.274. The van der Waals surface area contributed by atoms with E-state index in [0.29, 0.717) is 22.1 Å². The molecule has 7 heteroatoms. The fourth-order valence-electron chi connectivity index (χ4n) is 1.71. The van der Waals surface area contributed by atoms with Crippen LogP contribution in [-0.2, 0) is 9.53 Å². The second kappa shape index (κ2) is 7.29. The van der Waals surface area contributed by atoms with E-state index in [4.69, 9.17) is 22.4 Å². The van der Waals surface area contributed by atoms with Crippen molar-refractivity contribution in [1.82, 2.24) is 0 Å². The molecule has 23 heavy (non-hydrogen) atoms. The number of esters is 1. The zero-order valence-corrected chi connectivity index (χ0v) is 12.4. The van der Waals surface area contributed by atoms with Crippen LogP contribution in [0.25, 0.3) is 17.4 Å². The van der Waals surface area contributed by atoms with E-state index in [0.717, 1.165) is 6.08 Å². The Morgan fingerprint density at radius 1 is 1.43 bits per heavy atom. The predicted molar refractivity (Wildman–Crippen MR) is 84.6 cm³/mol. The average Bonchev–Trinajstić information content (AvgIpc) is 2.99. The molecule has 0 aliphatic heterocycles. The molecule has 6 nitrogen and oxygen atoms in total. The van der Waals surface area contributed by atoms with Crippen LogP contribution in [0, 0.1) is 22.5 Å². The van der Waals surface area contributed by atoms with Crippen LogP contribution in [0.3, 0.4) is 0 Å². The van der Waals surface area contributed by atoms with Crippen molar-refractivity contribution in [2.24, 2.45) is 0 Å². The van der Waals surface area contributed by atoms with Crippen molar-refractivity contribution >= 4 is 29.3 Å². The first kappa shape index (κ1) is 16.3. The normalized spacial score (nSPS) is 10.4. The van der Waals surface area contributed by atoms with Crippen molar-refractivity contribution in [2.45, 2.75) is 0 Å². The summed E-state index contributed by atoms with van der Waals surface area (Å²) in [5.41, 5.74) is 0.283. The van der Waals surface area contributed by atoms with Crippen molar-refractivity contribution in [3.8, 4) is 23.7 Å². The monoisotopic (exact) mass is 331 g/mol. The average molecular weight is 332 g/mol. The molecule has 0 aliphatic carbocycles. The van der Waals surface area contributed by atoms with Gasteiger partial charge in [0.15, 0.2) is 6.61 Å². The highest BCUT2D eigenvalue weighted by Gasteiger charge is 2.14. The maximum atomic E-state index is 11.3. The first-order valence-corrected chi connectivity index (χ1v) is 6.71. The Hall–Kier alpha value is -3.04. The summed E-state index contributed by atoms with van der Waals surface area (Å²) in [5.74, 6) is 2.27. The van der Waals surface area contributed by atoms with Crippen molar-refractivity contribution < 1.29 is 18.9 Å². The van der Waals surface area contributed by atoms with E-state index in [2.05, 4.69) is 10.7 Å². The molecule has 1 heterocycles. The number of halogens is 1. The molecule has 0 saturated heterocycles. The van der Waals surface area contributed by atoms with Crippen LogP contribution in [-0.4, -0.2) is 17.5 Å². The fraction of sp³-hybridized carbons (Fsp3) is 0.0625. The molecule has 0 N–H and O–H groups in total. The molecule has 0 saturated carbocycles. The molecule has 0 unspecified atom stereocenters. The lowest BCUT2D eigenvalue weighted by Gasteiger charge is -2.00. The van der Waals surface area contributed by atoms with E-state index in [1.165, 1.54) is 24.3 Å². The number of nitro groups is 1. The number of benzene rings is 1. The molecule has 0 fully saturated rings. The number of carbonyl (C=O) groups is 1. The molecule has 0 spiro atoms. The van der Waals surface area contributed by atoms with E-state index in [1.54, 1.807) is 12.1 Å². The lowest BCUT2D eigenvalue weighted by atomic mass is 10.1. The van der Waals surface area contributed by atoms with E-state index in [1.807, 2.05) is 0 Å². The molecule has 0 bridgehead atoms. The Bertz CT molecular complexity index is 816. The first-order valence-electron chi connectivity index (χ1n) is 6.33. The minimum Gasteiger partial charge on any atom is -0.457 e. The van der Waals surface area contributed by atoms with Gasteiger partial charge in [-0.3, -0.25) is 10.1 Å². The zero-order chi connectivity index (χ0) is 16.8. The summed E-state index contributed by atoms with van der Waals surface area (Å²) in [7, 11) is 0. The molecular formula is C16H10ClNO5. The number of carbonyl (C=O) groups excluding carboxylic acids is 1. The first-order chi connectivity index (χ1) is 11.0. The Morgan fingerprint density at radius 2 is 2.22 bits per heavy atom. The summed E-state index contributed by atoms with van der Waals surface area (Å²) in [6.07, 6.45) is 7.53. The molecule has 2 rings (SSSR count). The molecule has 116 valence electrons. The van der Waals surface area contributed by atoms with Gasteiger partial charge in [0.25, 0.3) is 5.69 Å². The summed E-state index contributed by atoms with van der Waals surface area (Å²) in [5, 5.41) is 11.1. The molecular weight excluding hydrogens is 322 g/mol. The number of hydrogen-bond acceptors (Lipinski definition) is 5. The van der Waals surface area contributed by atoms with Crippen LogP contribution >= 0.6 is 11.6 Å². The van der Waals surface area contributed by atoms with Crippen molar-refractivity contribution in [3.63, 3.8) is 0 Å². The van der Waals surface area contributed by atoms with Crippen LogP contribution in [0.1, 0.15) is 5.76 Å². The van der Waals surface area contributed by atoms with Gasteiger partial charge in [-0.25, -0.2) is 4.79 Å². The second-order valence-corrected chi connectivity index (χ2v) is 4.68. The van der Waals surface area contributed by atoms with E-state index < -0.39 is 10.9 Å². The Balaban J connectivity index is 2.21. The highest BCUT2D eigenvalue weighted by molar-refractivity contribution is 6.33. The SMILES string of the molecule is C#CCOC(=O)/C=C/c1ccc(-c2cc([N+](=O)[O-])ccc2Cl)o1. The van der Waals surface area contributed by atoms with Crippen LogP contribution < -0.4 is 0 Å². The molecule has 0 amide bonds. The third-order valence-corrected chi connectivity index (χ3v) is 3.06. The van der Waals surface area contributed by atoms with Crippen LogP contribution in [0.2, 0.25) is 5.02 Å². The minimum absolute atomic E-state index is 0.101. The van der Waals surface area contributed by atoms with Gasteiger partial charge >= 0.3 is 5.97 Å². The second-order valence-electron chi connectivity index (χ2n) is 4.27. The largest absolute Gasteiger partial charge is 0.457 e. The van der Waals surface area contributed by atoms with E-state index in [-0.39, 0.29) is 12.3 Å². The standard InChI is InChI=1S/C16H10ClNO5/c1-2-9-22-16(19)8-5-12-4-7-15(23-12)13-10-11(18(20)21)3-6-14(13)17/h1,3-8,10H,9H2/b8-5+. The predicted octanol–water partition coefficient (Wildman–Crippen LogP) is 3.70. The maximum Gasteiger partial charge on any atom is 0.331 e. The summed E-state index contributed by atoms with van der Waals surface area (Å²) in [4.78, 5) is 21.6. The van der Waals surface area contributed by atoms with Gasteiger partial charge in [0.1, 0.15) is 11.5 Å². The minimum atomic E-state index is -0.603. The number of hydrogen-bond donors (Lipinski definition) is 0. The van der Waals surface area contributed by atoms with Gasteiger partial charge in [0, 0.05) is 23.8 Å². The third kappa shape index (κ3) is 4.22. The maximum absolute atomic E-state index is 11.3. The van der Waals surface area contributed by atoms with Crippen molar-refractivity contribution in [2.75, 3.05) is 6.61 Å². The number of terminal acetylenes is 1. The summed E-state index contributed by atoms with van der Waals surface area (Å²) in [6, 6.07) is 7.23. The van der Waals surface area contributed by atoms with Crippen LogP contribution in [0.15, 0.2) is 40.8 Å². The van der Waals surface area contributed by atoms with Gasteiger partial charge in [-0.15, -0.1) is 6.42 Å². The molecule has 0 aliphatic rings. The van der Waals surface area contributed by atoms with Crippen molar-refractivity contribution in [1.29, 1.82) is 0 Å². The Kier molecular flexibility index (Phi) is 5.18. The highest BCUT2D eigenvalue weighted by Crippen LogP contribution is 2.32. The number of furan rings is 1. The third-order valence-electron chi connectivity index (χ3n) is 2.73. The molecule has 1 aromatic heterocycles. The molecule has 0 atom stereocenters. The van der Waals surface area contributed by atoms with Gasteiger partial charge in [-0.2, -0.15) is 0 Å². The van der Waals surface area contributed by atoms with Gasteiger partial charge < -0.3 is 9.15 Å². The number of nitro benzene ring substituents is 1. The smallest absolute Gasteiger partial charge is 0.331 e. The fourth-order valence-corrected chi connectivity index (χ4v) is 1.92. The number of nitrogens with zero attached hydrogens (tertiary/aromatic N) is 1. The lowest BCUT2D eigenvalue weighted by Crippen LogP contribution is -1.99. The zero-order valence-electron chi connectivity index (χ0n) is 11.7. The topological polar surface area (TPSA) is 82.6 Å². The van der Waals surface area contributed by atoms with Crippen LogP contribution in [0.4, 0.5) is 5.69 Å². The van der Waals surface area contributed by atoms with Crippen molar-refractivity contribution in [3.05, 3.63) is 57.3 Å². The van der Waals surface area contributed by atoms with Gasteiger partial charge in [-0.05, 0) is 24.3 Å². The number of ether oxygens (including phenoxy) is 1. The Labute approximate surface area is 136 Å². The summed E-state index contributed by atoms with van der Waals surface area (Å²) in [6.45, 7) is -0.115. The molecule has 1 aromatic carbocycles.